The number of nitrogens with one attached hydrogen (secondary N) is 1. The van der Waals surface area contributed by atoms with Crippen molar-refractivity contribution in [3.63, 3.8) is 0 Å². The highest BCUT2D eigenvalue weighted by Gasteiger charge is 2.02. The van der Waals surface area contributed by atoms with Gasteiger partial charge in [0.15, 0.2) is 0 Å². The number of carboxylic acids is 1. The second kappa shape index (κ2) is 6.16. The molecule has 0 aliphatic carbocycles. The van der Waals surface area contributed by atoms with Gasteiger partial charge in [-0.3, -0.25) is 0 Å². The van der Waals surface area contributed by atoms with E-state index in [0.29, 0.717) is 18.7 Å². The zero-order valence-corrected chi connectivity index (χ0v) is 8.69. The molecule has 2 N–H and O–H groups in total. The van der Waals surface area contributed by atoms with Crippen molar-refractivity contribution in [1.82, 2.24) is 5.32 Å². The Morgan fingerprint density at radius 3 is 3.00 bits per heavy atom. The van der Waals surface area contributed by atoms with Crippen molar-refractivity contribution >= 4 is 5.97 Å². The molecule has 15 heavy (non-hydrogen) atoms. The van der Waals surface area contributed by atoms with Crippen LogP contribution in [0.3, 0.4) is 0 Å². The summed E-state index contributed by atoms with van der Waals surface area (Å²) < 4.78 is 4.89. The predicted molar refractivity (Wildman–Crippen MR) is 57.0 cm³/mol. The summed E-state index contributed by atoms with van der Waals surface area (Å²) in [5, 5.41) is 11.9. The minimum Gasteiger partial charge on any atom is -0.478 e. The van der Waals surface area contributed by atoms with Gasteiger partial charge in [0.2, 0.25) is 0 Å². The molecule has 0 saturated carbocycles. The zero-order chi connectivity index (χ0) is 11.1. The topological polar surface area (TPSA) is 58.6 Å². The average molecular weight is 209 g/mol. The van der Waals surface area contributed by atoms with E-state index in [2.05, 4.69) is 5.32 Å². The van der Waals surface area contributed by atoms with Gasteiger partial charge in [0.25, 0.3) is 0 Å². The highest BCUT2D eigenvalue weighted by atomic mass is 16.5. The smallest absolute Gasteiger partial charge is 0.335 e. The van der Waals surface area contributed by atoms with Crippen molar-refractivity contribution < 1.29 is 14.6 Å². The Hall–Kier alpha value is -1.39. The maximum absolute atomic E-state index is 10.7. The molecule has 4 heteroatoms. The highest BCUT2D eigenvalue weighted by Crippen LogP contribution is 2.04. The fourth-order valence-corrected chi connectivity index (χ4v) is 1.22. The van der Waals surface area contributed by atoms with Crippen molar-refractivity contribution in [3.05, 3.63) is 35.4 Å². The first-order valence-corrected chi connectivity index (χ1v) is 4.76. The molecule has 0 heterocycles. The first-order valence-electron chi connectivity index (χ1n) is 4.76. The van der Waals surface area contributed by atoms with Crippen LogP contribution >= 0.6 is 0 Å². The Kier molecular flexibility index (Phi) is 4.80. The third kappa shape index (κ3) is 4.10. The van der Waals surface area contributed by atoms with E-state index in [9.17, 15) is 4.79 Å². The van der Waals surface area contributed by atoms with Crippen molar-refractivity contribution in [1.29, 1.82) is 0 Å². The molecule has 0 atom stereocenters. The van der Waals surface area contributed by atoms with Gasteiger partial charge in [0.1, 0.15) is 0 Å². The molecule has 1 aromatic carbocycles. The van der Waals surface area contributed by atoms with Crippen LogP contribution in [0.15, 0.2) is 24.3 Å². The number of hydrogen-bond donors (Lipinski definition) is 2. The summed E-state index contributed by atoms with van der Waals surface area (Å²) in [4.78, 5) is 10.7. The average Bonchev–Trinajstić information content (AvgIpc) is 2.25. The summed E-state index contributed by atoms with van der Waals surface area (Å²) in [6.07, 6.45) is 0. The van der Waals surface area contributed by atoms with E-state index in [0.717, 1.165) is 12.1 Å². The molecule has 1 rings (SSSR count). The van der Waals surface area contributed by atoms with E-state index in [1.165, 1.54) is 0 Å². The molecular weight excluding hydrogens is 194 g/mol. The van der Waals surface area contributed by atoms with Gasteiger partial charge in [-0.1, -0.05) is 12.1 Å². The fourth-order valence-electron chi connectivity index (χ4n) is 1.22. The second-order valence-corrected chi connectivity index (χ2v) is 3.18. The van der Waals surface area contributed by atoms with Crippen LogP contribution in [0.5, 0.6) is 0 Å². The number of rotatable bonds is 6. The minimum atomic E-state index is -0.895. The Labute approximate surface area is 88.9 Å². The summed E-state index contributed by atoms with van der Waals surface area (Å²) in [5.41, 5.74) is 1.28. The van der Waals surface area contributed by atoms with Gasteiger partial charge in [0, 0.05) is 20.2 Å². The van der Waals surface area contributed by atoms with E-state index >= 15 is 0 Å². The Balaban J connectivity index is 2.47. The van der Waals surface area contributed by atoms with Gasteiger partial charge in [-0.15, -0.1) is 0 Å². The monoisotopic (exact) mass is 209 g/mol. The molecule has 0 bridgehead atoms. The fraction of sp³-hybridized carbons (Fsp3) is 0.364. The predicted octanol–water partition coefficient (Wildman–Crippen LogP) is 1.12. The van der Waals surface area contributed by atoms with E-state index in [1.54, 1.807) is 25.3 Å². The van der Waals surface area contributed by atoms with Crippen LogP contribution < -0.4 is 5.32 Å². The zero-order valence-electron chi connectivity index (χ0n) is 8.69. The molecule has 0 unspecified atom stereocenters. The van der Waals surface area contributed by atoms with Crippen LogP contribution in [0.2, 0.25) is 0 Å². The molecule has 0 amide bonds. The van der Waals surface area contributed by atoms with Crippen LogP contribution in [0.25, 0.3) is 0 Å². The number of benzene rings is 1. The SMILES string of the molecule is COCCNCc1cccc(C(=O)O)c1. The van der Waals surface area contributed by atoms with Crippen molar-refractivity contribution in [2.45, 2.75) is 6.54 Å². The Bertz CT molecular complexity index is 325. The summed E-state index contributed by atoms with van der Waals surface area (Å²) in [6, 6.07) is 6.89. The lowest BCUT2D eigenvalue weighted by Gasteiger charge is -2.04. The first-order chi connectivity index (χ1) is 7.24. The lowest BCUT2D eigenvalue weighted by molar-refractivity contribution is 0.0696. The second-order valence-electron chi connectivity index (χ2n) is 3.18. The molecule has 82 valence electrons. The number of ether oxygens (including phenoxy) is 1. The van der Waals surface area contributed by atoms with E-state index in [-0.39, 0.29) is 0 Å². The van der Waals surface area contributed by atoms with E-state index < -0.39 is 5.97 Å². The summed E-state index contributed by atoms with van der Waals surface area (Å²) in [5.74, 6) is -0.895. The lowest BCUT2D eigenvalue weighted by atomic mass is 10.1. The molecule has 0 fully saturated rings. The third-order valence-electron chi connectivity index (χ3n) is 1.99. The summed E-state index contributed by atoms with van der Waals surface area (Å²) in [7, 11) is 1.65. The number of carboxylic acid groups (broad SMARTS) is 1. The number of aromatic carboxylic acids is 1. The quantitative estimate of drug-likeness (QED) is 0.689. The first kappa shape index (κ1) is 11.7. The standard InChI is InChI=1S/C11H15NO3/c1-15-6-5-12-8-9-3-2-4-10(7-9)11(13)14/h2-4,7,12H,5-6,8H2,1H3,(H,13,14). The van der Waals surface area contributed by atoms with Crippen molar-refractivity contribution in [2.24, 2.45) is 0 Å². The third-order valence-corrected chi connectivity index (χ3v) is 1.99. The van der Waals surface area contributed by atoms with Crippen molar-refractivity contribution in [3.8, 4) is 0 Å². The number of methoxy groups -OCH3 is 1. The van der Waals surface area contributed by atoms with Gasteiger partial charge in [-0.2, -0.15) is 0 Å². The van der Waals surface area contributed by atoms with Crippen LogP contribution in [0, 0.1) is 0 Å². The minimum absolute atomic E-state index is 0.320. The van der Waals surface area contributed by atoms with Gasteiger partial charge in [-0.05, 0) is 17.7 Å². The summed E-state index contributed by atoms with van der Waals surface area (Å²) in [6.45, 7) is 2.07. The molecule has 1 aromatic rings. The van der Waals surface area contributed by atoms with E-state index in [1.807, 2.05) is 6.07 Å². The van der Waals surface area contributed by atoms with Crippen molar-refractivity contribution in [2.75, 3.05) is 20.3 Å². The van der Waals surface area contributed by atoms with Gasteiger partial charge >= 0.3 is 5.97 Å². The number of hydrogen-bond acceptors (Lipinski definition) is 3. The van der Waals surface area contributed by atoms with Gasteiger partial charge in [-0.25, -0.2) is 4.79 Å². The largest absolute Gasteiger partial charge is 0.478 e. The molecule has 0 aliphatic heterocycles. The van der Waals surface area contributed by atoms with Gasteiger partial charge in [0.05, 0.1) is 12.2 Å². The maximum atomic E-state index is 10.7. The summed E-state index contributed by atoms with van der Waals surface area (Å²) >= 11 is 0. The highest BCUT2D eigenvalue weighted by molar-refractivity contribution is 5.87. The van der Waals surface area contributed by atoms with Gasteiger partial charge < -0.3 is 15.2 Å². The molecule has 0 spiro atoms. The molecule has 0 radical (unpaired) electrons. The lowest BCUT2D eigenvalue weighted by Crippen LogP contribution is -2.18. The molecular formula is C11H15NO3. The number of carbonyl (C=O) groups is 1. The Morgan fingerprint density at radius 2 is 2.33 bits per heavy atom. The maximum Gasteiger partial charge on any atom is 0.335 e. The molecule has 0 saturated heterocycles. The van der Waals surface area contributed by atoms with Crippen LogP contribution in [0.4, 0.5) is 0 Å². The Morgan fingerprint density at radius 1 is 1.53 bits per heavy atom. The van der Waals surface area contributed by atoms with Crippen LogP contribution in [-0.2, 0) is 11.3 Å². The normalized spacial score (nSPS) is 10.2. The van der Waals surface area contributed by atoms with Crippen LogP contribution in [0.1, 0.15) is 15.9 Å². The van der Waals surface area contributed by atoms with Crippen LogP contribution in [-0.4, -0.2) is 31.3 Å². The molecule has 0 aromatic heterocycles. The molecule has 4 nitrogen and oxygen atoms in total. The van der Waals surface area contributed by atoms with E-state index in [4.69, 9.17) is 9.84 Å². The molecule has 0 aliphatic rings.